The fourth-order valence-electron chi connectivity index (χ4n) is 3.64. The van der Waals surface area contributed by atoms with E-state index in [-0.39, 0.29) is 0 Å². The third-order valence-electron chi connectivity index (χ3n) is 4.52. The van der Waals surface area contributed by atoms with Crippen molar-refractivity contribution < 1.29 is 4.74 Å². The molecule has 1 aromatic rings. The van der Waals surface area contributed by atoms with Gasteiger partial charge < -0.3 is 10.1 Å². The third kappa shape index (κ3) is 2.38. The van der Waals surface area contributed by atoms with Crippen LogP contribution in [-0.2, 0) is 11.3 Å². The Morgan fingerprint density at radius 1 is 1.32 bits per heavy atom. The molecular weight excluding hydrogens is 306 g/mol. The van der Waals surface area contributed by atoms with E-state index in [4.69, 9.17) is 14.7 Å². The van der Waals surface area contributed by atoms with Crippen LogP contribution in [0, 0.1) is 11.8 Å². The first-order chi connectivity index (χ1) is 9.22. The van der Waals surface area contributed by atoms with Crippen LogP contribution in [0.5, 0.6) is 0 Å². The Balaban J connectivity index is 1.94. The summed E-state index contributed by atoms with van der Waals surface area (Å²) in [7, 11) is 3.60. The van der Waals surface area contributed by atoms with Crippen LogP contribution in [0.3, 0.4) is 0 Å². The number of ether oxygens (including phenoxy) is 1. The first-order valence-corrected chi connectivity index (χ1v) is 7.75. The zero-order valence-electron chi connectivity index (χ0n) is 11.4. The van der Waals surface area contributed by atoms with Crippen molar-refractivity contribution in [3.05, 3.63) is 16.0 Å². The number of halogens is 1. The van der Waals surface area contributed by atoms with Crippen LogP contribution in [0.25, 0.3) is 0 Å². The molecule has 2 bridgehead atoms. The van der Waals surface area contributed by atoms with Gasteiger partial charge in [0.05, 0.1) is 16.8 Å². The molecule has 4 nitrogen and oxygen atoms in total. The zero-order valence-corrected chi connectivity index (χ0v) is 13.0. The summed E-state index contributed by atoms with van der Waals surface area (Å²) in [5.74, 6) is 4.14. The first kappa shape index (κ1) is 13.3. The van der Waals surface area contributed by atoms with Crippen molar-refractivity contribution in [1.29, 1.82) is 0 Å². The lowest BCUT2D eigenvalue weighted by Crippen LogP contribution is -2.15. The van der Waals surface area contributed by atoms with E-state index in [1.54, 1.807) is 7.11 Å². The molecule has 3 rings (SSSR count). The smallest absolute Gasteiger partial charge is 0.144 e. The van der Waals surface area contributed by atoms with E-state index in [1.807, 2.05) is 7.05 Å². The number of nitrogens with zero attached hydrogens (tertiary/aromatic N) is 2. The second-order valence-electron chi connectivity index (χ2n) is 5.66. The van der Waals surface area contributed by atoms with E-state index in [0.29, 0.717) is 12.5 Å². The largest absolute Gasteiger partial charge is 0.378 e. The Morgan fingerprint density at radius 2 is 2.16 bits per heavy atom. The molecule has 1 aromatic heterocycles. The topological polar surface area (TPSA) is 47.0 Å². The summed E-state index contributed by atoms with van der Waals surface area (Å²) in [5.41, 5.74) is 0.944. The fraction of sp³-hybridized carbons (Fsp3) is 0.714. The highest BCUT2D eigenvalue weighted by molar-refractivity contribution is 9.10. The van der Waals surface area contributed by atoms with Gasteiger partial charge in [-0.15, -0.1) is 0 Å². The van der Waals surface area contributed by atoms with Gasteiger partial charge in [0.2, 0.25) is 0 Å². The fourth-order valence-corrected chi connectivity index (χ4v) is 4.13. The number of hydrogen-bond acceptors (Lipinski definition) is 4. The van der Waals surface area contributed by atoms with Crippen LogP contribution < -0.4 is 5.32 Å². The van der Waals surface area contributed by atoms with Gasteiger partial charge in [-0.3, -0.25) is 0 Å². The molecule has 0 spiro atoms. The van der Waals surface area contributed by atoms with Gasteiger partial charge >= 0.3 is 0 Å². The summed E-state index contributed by atoms with van der Waals surface area (Å²) in [6, 6.07) is 0. The highest BCUT2D eigenvalue weighted by Gasteiger charge is 2.41. The number of rotatable bonds is 4. The molecule has 19 heavy (non-hydrogen) atoms. The van der Waals surface area contributed by atoms with Crippen molar-refractivity contribution in [1.82, 2.24) is 9.97 Å². The number of fused-ring (bicyclic) bond motifs is 2. The molecule has 0 amide bonds. The Hall–Kier alpha value is -0.680. The number of methoxy groups -OCH3 is 1. The molecule has 0 radical (unpaired) electrons. The van der Waals surface area contributed by atoms with Crippen LogP contribution in [0.15, 0.2) is 4.47 Å². The van der Waals surface area contributed by atoms with Gasteiger partial charge in [-0.05, 0) is 47.0 Å². The molecule has 2 saturated carbocycles. The summed E-state index contributed by atoms with van der Waals surface area (Å²) in [6.45, 7) is 0.519. The zero-order chi connectivity index (χ0) is 13.4. The lowest BCUT2D eigenvalue weighted by molar-refractivity contribution is 0.180. The number of hydrogen-bond donors (Lipinski definition) is 1. The average molecular weight is 326 g/mol. The van der Waals surface area contributed by atoms with Crippen molar-refractivity contribution in [2.75, 3.05) is 19.5 Å². The summed E-state index contributed by atoms with van der Waals surface area (Å²) in [6.07, 6.45) is 5.39. The van der Waals surface area contributed by atoms with Crippen LogP contribution in [0.1, 0.15) is 43.1 Å². The standard InChI is InChI=1S/C14H20BrN3O/c1-16-14-12(15)11(7-19-2)17-13(18-14)10-6-8-3-4-9(10)5-8/h8-10H,3-7H2,1-2H3,(H,16,17,18). The van der Waals surface area contributed by atoms with Crippen LogP contribution in [0.4, 0.5) is 5.82 Å². The number of anilines is 1. The predicted molar refractivity (Wildman–Crippen MR) is 78.2 cm³/mol. The summed E-state index contributed by atoms with van der Waals surface area (Å²) in [4.78, 5) is 9.46. The van der Waals surface area contributed by atoms with Crippen molar-refractivity contribution in [3.63, 3.8) is 0 Å². The first-order valence-electron chi connectivity index (χ1n) is 6.96. The van der Waals surface area contributed by atoms with E-state index >= 15 is 0 Å². The lowest BCUT2D eigenvalue weighted by atomic mass is 9.88. The monoisotopic (exact) mass is 325 g/mol. The number of aromatic nitrogens is 2. The highest BCUT2D eigenvalue weighted by atomic mass is 79.9. The van der Waals surface area contributed by atoms with Gasteiger partial charge in [0.25, 0.3) is 0 Å². The van der Waals surface area contributed by atoms with Crippen molar-refractivity contribution in [2.24, 2.45) is 11.8 Å². The van der Waals surface area contributed by atoms with Gasteiger partial charge in [-0.25, -0.2) is 9.97 Å². The molecule has 2 aliphatic carbocycles. The lowest BCUT2D eigenvalue weighted by Gasteiger charge is -2.21. The second-order valence-corrected chi connectivity index (χ2v) is 6.45. The van der Waals surface area contributed by atoms with E-state index in [9.17, 15) is 0 Å². The van der Waals surface area contributed by atoms with E-state index in [0.717, 1.165) is 33.6 Å². The predicted octanol–water partition coefficient (Wildman–Crippen LogP) is 3.33. The van der Waals surface area contributed by atoms with Crippen molar-refractivity contribution in [2.45, 2.75) is 38.2 Å². The second kappa shape index (κ2) is 5.37. The summed E-state index contributed by atoms with van der Waals surface area (Å²) in [5, 5.41) is 3.15. The maximum absolute atomic E-state index is 5.24. The maximum Gasteiger partial charge on any atom is 0.144 e. The summed E-state index contributed by atoms with van der Waals surface area (Å²) >= 11 is 3.56. The van der Waals surface area contributed by atoms with Crippen molar-refractivity contribution in [3.8, 4) is 0 Å². The molecule has 1 heterocycles. The molecule has 3 unspecified atom stereocenters. The van der Waals surface area contributed by atoms with E-state index in [2.05, 4.69) is 21.2 Å². The minimum Gasteiger partial charge on any atom is -0.378 e. The third-order valence-corrected chi connectivity index (χ3v) is 5.36. The molecule has 0 saturated heterocycles. The number of nitrogens with one attached hydrogen (secondary N) is 1. The van der Waals surface area contributed by atoms with Gasteiger partial charge in [0.15, 0.2) is 0 Å². The maximum atomic E-state index is 5.24. The quantitative estimate of drug-likeness (QED) is 0.922. The van der Waals surface area contributed by atoms with E-state index in [1.165, 1.54) is 25.7 Å². The highest BCUT2D eigenvalue weighted by Crippen LogP contribution is 2.52. The van der Waals surface area contributed by atoms with Crippen LogP contribution in [-0.4, -0.2) is 24.1 Å². The normalized spacial score (nSPS) is 28.9. The molecule has 2 aliphatic rings. The van der Waals surface area contributed by atoms with Crippen LogP contribution in [0.2, 0.25) is 0 Å². The average Bonchev–Trinajstić information content (AvgIpc) is 3.03. The SMILES string of the molecule is CNc1nc(C2CC3CCC2C3)nc(COC)c1Br. The van der Waals surface area contributed by atoms with E-state index < -0.39 is 0 Å². The van der Waals surface area contributed by atoms with Gasteiger partial charge in [-0.1, -0.05) is 6.42 Å². The van der Waals surface area contributed by atoms with Gasteiger partial charge in [0, 0.05) is 20.1 Å². The Bertz CT molecular complexity index is 480. The molecule has 3 atom stereocenters. The molecule has 1 N–H and O–H groups in total. The van der Waals surface area contributed by atoms with Gasteiger partial charge in [0.1, 0.15) is 11.6 Å². The van der Waals surface area contributed by atoms with Crippen molar-refractivity contribution >= 4 is 21.7 Å². The molecule has 0 aromatic carbocycles. The molecule has 104 valence electrons. The molecular formula is C14H20BrN3O. The minimum atomic E-state index is 0.519. The molecule has 0 aliphatic heterocycles. The minimum absolute atomic E-state index is 0.519. The Morgan fingerprint density at radius 3 is 2.74 bits per heavy atom. The van der Waals surface area contributed by atoms with Crippen LogP contribution >= 0.6 is 15.9 Å². The Kier molecular flexibility index (Phi) is 3.76. The molecule has 5 heteroatoms. The summed E-state index contributed by atoms with van der Waals surface area (Å²) < 4.78 is 6.16. The Labute approximate surface area is 122 Å². The van der Waals surface area contributed by atoms with Gasteiger partial charge in [-0.2, -0.15) is 0 Å². The molecule has 2 fully saturated rings.